The molecule has 0 radical (unpaired) electrons. The van der Waals surface area contributed by atoms with E-state index >= 15 is 0 Å². The molecule has 5 nitrogen and oxygen atoms in total. The van der Waals surface area contributed by atoms with Crippen molar-refractivity contribution in [1.82, 2.24) is 14.9 Å². The third-order valence-corrected chi connectivity index (χ3v) is 4.00. The van der Waals surface area contributed by atoms with Gasteiger partial charge in [-0.15, -0.1) is 0 Å². The number of nitrogens with zero attached hydrogens (tertiary/aromatic N) is 2. The number of carbonyl (C=O) groups is 1. The summed E-state index contributed by atoms with van der Waals surface area (Å²) in [6.45, 7) is 2.36. The first-order valence-electron chi connectivity index (χ1n) is 7.43. The van der Waals surface area contributed by atoms with Crippen LogP contribution < -0.4 is 10.1 Å². The molecule has 1 N–H and O–H groups in total. The van der Waals surface area contributed by atoms with E-state index in [0.29, 0.717) is 12.1 Å². The first-order valence-corrected chi connectivity index (χ1v) is 7.43. The van der Waals surface area contributed by atoms with Gasteiger partial charge in [0.25, 0.3) is 5.91 Å². The van der Waals surface area contributed by atoms with E-state index in [1.54, 1.807) is 7.11 Å². The molecule has 0 spiro atoms. The Labute approximate surface area is 134 Å². The van der Waals surface area contributed by atoms with E-state index in [9.17, 15) is 4.79 Å². The summed E-state index contributed by atoms with van der Waals surface area (Å²) in [5.41, 5.74) is 3.39. The van der Waals surface area contributed by atoms with Crippen LogP contribution in [0.5, 0.6) is 5.75 Å². The number of hydrogen-bond acceptors (Lipinski definition) is 3. The molecule has 5 heteroatoms. The molecule has 23 heavy (non-hydrogen) atoms. The van der Waals surface area contributed by atoms with Crippen LogP contribution in [0.2, 0.25) is 0 Å². The van der Waals surface area contributed by atoms with Gasteiger partial charge < -0.3 is 14.6 Å². The fraction of sp³-hybridized carbons (Fsp3) is 0.222. The number of amides is 1. The van der Waals surface area contributed by atoms with Gasteiger partial charge in [-0.1, -0.05) is 18.2 Å². The summed E-state index contributed by atoms with van der Waals surface area (Å²) >= 11 is 0. The average Bonchev–Trinajstić information content (AvgIpc) is 2.86. The molecule has 0 saturated heterocycles. The highest BCUT2D eigenvalue weighted by Crippen LogP contribution is 2.18. The summed E-state index contributed by atoms with van der Waals surface area (Å²) in [6, 6.07) is 13.2. The maximum absolute atomic E-state index is 12.4. The lowest BCUT2D eigenvalue weighted by atomic mass is 10.1. The van der Waals surface area contributed by atoms with Crippen molar-refractivity contribution in [2.75, 3.05) is 7.11 Å². The quantitative estimate of drug-likeness (QED) is 0.806. The number of fused-ring (bicyclic) bond motifs is 1. The molecule has 0 unspecified atom stereocenters. The molecule has 3 aromatic rings. The van der Waals surface area contributed by atoms with E-state index in [4.69, 9.17) is 4.74 Å². The highest BCUT2D eigenvalue weighted by atomic mass is 16.5. The summed E-state index contributed by atoms with van der Waals surface area (Å²) in [7, 11) is 3.59. The van der Waals surface area contributed by atoms with E-state index in [-0.39, 0.29) is 5.91 Å². The third-order valence-electron chi connectivity index (χ3n) is 4.00. The Hall–Kier alpha value is -2.82. The number of hydrogen-bond donors (Lipinski definition) is 1. The SMILES string of the molecule is COc1ccccc1CNC(=O)c1ccc2c(c1)nc(C)n2C. The van der Waals surface area contributed by atoms with Crippen molar-refractivity contribution in [1.29, 1.82) is 0 Å². The molecular weight excluding hydrogens is 290 g/mol. The van der Waals surface area contributed by atoms with Crippen molar-refractivity contribution in [3.05, 3.63) is 59.4 Å². The zero-order valence-electron chi connectivity index (χ0n) is 13.5. The number of aryl methyl sites for hydroxylation is 2. The van der Waals surface area contributed by atoms with Gasteiger partial charge >= 0.3 is 0 Å². The van der Waals surface area contributed by atoms with Crippen LogP contribution in [-0.4, -0.2) is 22.6 Å². The lowest BCUT2D eigenvalue weighted by molar-refractivity contribution is 0.0951. The molecule has 1 amide bonds. The lowest BCUT2D eigenvalue weighted by Gasteiger charge is -2.09. The third kappa shape index (κ3) is 2.90. The fourth-order valence-corrected chi connectivity index (χ4v) is 2.59. The van der Waals surface area contributed by atoms with Gasteiger partial charge in [0.05, 0.1) is 18.1 Å². The topological polar surface area (TPSA) is 56.1 Å². The summed E-state index contributed by atoms with van der Waals surface area (Å²) < 4.78 is 7.30. The molecule has 0 aliphatic rings. The van der Waals surface area contributed by atoms with E-state index in [1.807, 2.05) is 61.0 Å². The molecule has 1 aromatic heterocycles. The van der Waals surface area contributed by atoms with Gasteiger partial charge in [0, 0.05) is 24.7 Å². The maximum Gasteiger partial charge on any atom is 0.251 e. The van der Waals surface area contributed by atoms with Crippen molar-refractivity contribution < 1.29 is 9.53 Å². The van der Waals surface area contributed by atoms with Crippen molar-refractivity contribution in [3.8, 4) is 5.75 Å². The van der Waals surface area contributed by atoms with Crippen molar-refractivity contribution in [2.24, 2.45) is 7.05 Å². The Morgan fingerprint density at radius 3 is 2.83 bits per heavy atom. The van der Waals surface area contributed by atoms with E-state index < -0.39 is 0 Å². The number of methoxy groups -OCH3 is 1. The number of nitrogens with one attached hydrogen (secondary N) is 1. The van der Waals surface area contributed by atoms with Crippen LogP contribution >= 0.6 is 0 Å². The van der Waals surface area contributed by atoms with Gasteiger partial charge in [-0.3, -0.25) is 4.79 Å². The Balaban J connectivity index is 1.78. The molecule has 0 aliphatic carbocycles. The number of benzene rings is 2. The van der Waals surface area contributed by atoms with Gasteiger partial charge in [-0.25, -0.2) is 4.98 Å². The Morgan fingerprint density at radius 1 is 1.26 bits per heavy atom. The number of aromatic nitrogens is 2. The average molecular weight is 309 g/mol. The minimum Gasteiger partial charge on any atom is -0.496 e. The lowest BCUT2D eigenvalue weighted by Crippen LogP contribution is -2.23. The molecule has 0 aliphatic heterocycles. The summed E-state index contributed by atoms with van der Waals surface area (Å²) in [4.78, 5) is 16.8. The van der Waals surface area contributed by atoms with Crippen LogP contribution in [0, 0.1) is 6.92 Å². The molecule has 3 rings (SSSR count). The van der Waals surface area contributed by atoms with E-state index in [0.717, 1.165) is 28.2 Å². The largest absolute Gasteiger partial charge is 0.496 e. The van der Waals surface area contributed by atoms with Crippen molar-refractivity contribution in [2.45, 2.75) is 13.5 Å². The Bertz CT molecular complexity index is 868. The number of imidazole rings is 1. The molecule has 0 bridgehead atoms. The van der Waals surface area contributed by atoms with Crippen LogP contribution in [-0.2, 0) is 13.6 Å². The smallest absolute Gasteiger partial charge is 0.251 e. The molecule has 0 saturated carbocycles. The second-order valence-electron chi connectivity index (χ2n) is 5.42. The van der Waals surface area contributed by atoms with Crippen LogP contribution in [0.1, 0.15) is 21.7 Å². The first kappa shape index (κ1) is 15.1. The van der Waals surface area contributed by atoms with Crippen LogP contribution in [0.4, 0.5) is 0 Å². The van der Waals surface area contributed by atoms with Crippen LogP contribution in [0.25, 0.3) is 11.0 Å². The van der Waals surface area contributed by atoms with Crippen LogP contribution in [0.3, 0.4) is 0 Å². The number of para-hydroxylation sites is 1. The predicted octanol–water partition coefficient (Wildman–Crippen LogP) is 2.82. The zero-order valence-corrected chi connectivity index (χ0v) is 13.5. The Morgan fingerprint density at radius 2 is 2.04 bits per heavy atom. The molecule has 2 aromatic carbocycles. The summed E-state index contributed by atoms with van der Waals surface area (Å²) in [5, 5.41) is 2.92. The van der Waals surface area contributed by atoms with E-state index in [1.165, 1.54) is 0 Å². The predicted molar refractivity (Wildman–Crippen MR) is 89.6 cm³/mol. The van der Waals surface area contributed by atoms with Gasteiger partial charge in [-0.2, -0.15) is 0 Å². The summed E-state index contributed by atoms with van der Waals surface area (Å²) in [5.74, 6) is 1.57. The zero-order chi connectivity index (χ0) is 16.4. The molecule has 118 valence electrons. The monoisotopic (exact) mass is 309 g/mol. The van der Waals surface area contributed by atoms with Crippen LogP contribution in [0.15, 0.2) is 42.5 Å². The maximum atomic E-state index is 12.4. The highest BCUT2D eigenvalue weighted by Gasteiger charge is 2.10. The number of ether oxygens (including phenoxy) is 1. The summed E-state index contributed by atoms with van der Waals surface area (Å²) in [6.07, 6.45) is 0. The standard InChI is InChI=1S/C18H19N3O2/c1-12-20-15-10-13(8-9-16(15)21(12)2)18(22)19-11-14-6-4-5-7-17(14)23-3/h4-10H,11H2,1-3H3,(H,19,22). The molecular formula is C18H19N3O2. The fourth-order valence-electron chi connectivity index (χ4n) is 2.59. The molecule has 0 atom stereocenters. The molecule has 1 heterocycles. The van der Waals surface area contributed by atoms with Crippen molar-refractivity contribution >= 4 is 16.9 Å². The normalized spacial score (nSPS) is 10.7. The van der Waals surface area contributed by atoms with Gasteiger partial charge in [-0.05, 0) is 31.2 Å². The highest BCUT2D eigenvalue weighted by molar-refractivity contribution is 5.97. The van der Waals surface area contributed by atoms with Gasteiger partial charge in [0.1, 0.15) is 11.6 Å². The second-order valence-corrected chi connectivity index (χ2v) is 5.42. The number of carbonyl (C=O) groups excluding carboxylic acids is 1. The minimum absolute atomic E-state index is 0.124. The van der Waals surface area contributed by atoms with E-state index in [2.05, 4.69) is 10.3 Å². The second kappa shape index (κ2) is 6.12. The Kier molecular flexibility index (Phi) is 4.02. The first-order chi connectivity index (χ1) is 11.1. The number of rotatable bonds is 4. The minimum atomic E-state index is -0.124. The molecule has 0 fully saturated rings. The van der Waals surface area contributed by atoms with Gasteiger partial charge in [0.15, 0.2) is 0 Å². The van der Waals surface area contributed by atoms with Crippen molar-refractivity contribution in [3.63, 3.8) is 0 Å². The van der Waals surface area contributed by atoms with Gasteiger partial charge in [0.2, 0.25) is 0 Å².